The minimum Gasteiger partial charge on any atom is -0.481 e. The molecule has 72 valence electrons. The van der Waals surface area contributed by atoms with Crippen LogP contribution in [-0.2, 0) is 11.2 Å². The van der Waals surface area contributed by atoms with E-state index in [1.54, 1.807) is 11.3 Å². The van der Waals surface area contributed by atoms with Crippen LogP contribution in [0.2, 0.25) is 0 Å². The standard InChI is InChI=1S/C11H10O2S/c1-7-2-3-9-8(5-11(12)13)6-14-10(9)4-7/h2-4,6H,5H2,1H3,(H,12,13). The van der Waals surface area contributed by atoms with E-state index >= 15 is 0 Å². The summed E-state index contributed by atoms with van der Waals surface area (Å²) in [6.07, 6.45) is 0.114. The van der Waals surface area contributed by atoms with Gasteiger partial charge in [0.2, 0.25) is 0 Å². The van der Waals surface area contributed by atoms with Gasteiger partial charge in [0.1, 0.15) is 0 Å². The molecule has 1 heterocycles. The summed E-state index contributed by atoms with van der Waals surface area (Å²) in [7, 11) is 0. The number of hydrogen-bond donors (Lipinski definition) is 1. The maximum absolute atomic E-state index is 10.6. The van der Waals surface area contributed by atoms with Crippen molar-refractivity contribution in [3.05, 3.63) is 34.7 Å². The molecule has 0 amide bonds. The SMILES string of the molecule is Cc1ccc2c(CC(=O)O)csc2c1. The first-order valence-electron chi connectivity index (χ1n) is 4.35. The fraction of sp³-hybridized carbons (Fsp3) is 0.182. The van der Waals surface area contributed by atoms with Gasteiger partial charge in [-0.3, -0.25) is 4.79 Å². The quantitative estimate of drug-likeness (QED) is 0.820. The second-order valence-corrected chi connectivity index (χ2v) is 4.24. The number of carbonyl (C=O) groups is 1. The Morgan fingerprint density at radius 2 is 2.29 bits per heavy atom. The van der Waals surface area contributed by atoms with E-state index in [1.165, 1.54) is 10.3 Å². The van der Waals surface area contributed by atoms with Gasteiger partial charge in [-0.15, -0.1) is 11.3 Å². The molecule has 2 aromatic rings. The molecule has 0 aliphatic heterocycles. The predicted molar refractivity (Wildman–Crippen MR) is 57.9 cm³/mol. The third-order valence-electron chi connectivity index (χ3n) is 2.15. The van der Waals surface area contributed by atoms with Gasteiger partial charge < -0.3 is 5.11 Å². The molecule has 2 nitrogen and oxygen atoms in total. The number of thiophene rings is 1. The highest BCUT2D eigenvalue weighted by Crippen LogP contribution is 2.27. The summed E-state index contributed by atoms with van der Waals surface area (Å²) in [6.45, 7) is 2.04. The highest BCUT2D eigenvalue weighted by Gasteiger charge is 2.07. The number of rotatable bonds is 2. The van der Waals surface area contributed by atoms with E-state index in [2.05, 4.69) is 6.07 Å². The van der Waals surface area contributed by atoms with Crippen molar-refractivity contribution in [1.82, 2.24) is 0 Å². The molecular weight excluding hydrogens is 196 g/mol. The molecule has 0 atom stereocenters. The summed E-state index contributed by atoms with van der Waals surface area (Å²) < 4.78 is 1.17. The second kappa shape index (κ2) is 3.42. The molecule has 0 saturated heterocycles. The molecule has 1 aromatic carbocycles. The van der Waals surface area contributed by atoms with Gasteiger partial charge in [0.05, 0.1) is 6.42 Å². The van der Waals surface area contributed by atoms with E-state index in [1.807, 2.05) is 24.4 Å². The van der Waals surface area contributed by atoms with Crippen LogP contribution in [0.1, 0.15) is 11.1 Å². The largest absolute Gasteiger partial charge is 0.481 e. The van der Waals surface area contributed by atoms with Crippen molar-refractivity contribution in [2.75, 3.05) is 0 Å². The number of hydrogen-bond acceptors (Lipinski definition) is 2. The lowest BCUT2D eigenvalue weighted by Crippen LogP contribution is -1.98. The molecule has 3 heteroatoms. The summed E-state index contributed by atoms with van der Waals surface area (Å²) in [5.74, 6) is -0.773. The van der Waals surface area contributed by atoms with Crippen LogP contribution in [0.3, 0.4) is 0 Å². The number of benzene rings is 1. The molecule has 1 N–H and O–H groups in total. The smallest absolute Gasteiger partial charge is 0.307 e. The van der Waals surface area contributed by atoms with Gasteiger partial charge >= 0.3 is 5.97 Å². The van der Waals surface area contributed by atoms with Crippen LogP contribution in [0.4, 0.5) is 0 Å². The van der Waals surface area contributed by atoms with Crippen molar-refractivity contribution in [1.29, 1.82) is 0 Å². The fourth-order valence-electron chi connectivity index (χ4n) is 1.49. The lowest BCUT2D eigenvalue weighted by atomic mass is 10.1. The first-order chi connectivity index (χ1) is 6.66. The Bertz CT molecular complexity index is 485. The Balaban J connectivity index is 2.52. The predicted octanol–water partition coefficient (Wildman–Crippen LogP) is 2.84. The monoisotopic (exact) mass is 206 g/mol. The maximum Gasteiger partial charge on any atom is 0.307 e. The molecule has 2 rings (SSSR count). The van der Waals surface area contributed by atoms with E-state index in [-0.39, 0.29) is 6.42 Å². The average Bonchev–Trinajstić information content (AvgIpc) is 2.47. The molecule has 0 aliphatic carbocycles. The number of fused-ring (bicyclic) bond motifs is 1. The first kappa shape index (κ1) is 9.21. The molecule has 0 saturated carbocycles. The van der Waals surface area contributed by atoms with Crippen LogP contribution in [0.15, 0.2) is 23.6 Å². The van der Waals surface area contributed by atoms with Gasteiger partial charge in [-0.05, 0) is 34.9 Å². The molecule has 0 unspecified atom stereocenters. The van der Waals surface area contributed by atoms with Crippen LogP contribution in [-0.4, -0.2) is 11.1 Å². The minimum absolute atomic E-state index is 0.114. The van der Waals surface area contributed by atoms with Gasteiger partial charge in [0.15, 0.2) is 0 Å². The van der Waals surface area contributed by atoms with Crippen molar-refractivity contribution in [3.63, 3.8) is 0 Å². The Labute approximate surface area is 85.8 Å². The Hall–Kier alpha value is -1.35. The van der Waals surface area contributed by atoms with E-state index in [0.717, 1.165) is 10.9 Å². The number of carboxylic acid groups (broad SMARTS) is 1. The van der Waals surface area contributed by atoms with Crippen molar-refractivity contribution in [3.8, 4) is 0 Å². The first-order valence-corrected chi connectivity index (χ1v) is 5.23. The Morgan fingerprint density at radius 3 is 3.00 bits per heavy atom. The van der Waals surface area contributed by atoms with Gasteiger partial charge in [0, 0.05) is 4.70 Å². The lowest BCUT2D eigenvalue weighted by molar-refractivity contribution is -0.136. The second-order valence-electron chi connectivity index (χ2n) is 3.33. The summed E-state index contributed by atoms with van der Waals surface area (Å²) in [4.78, 5) is 10.6. The van der Waals surface area contributed by atoms with E-state index in [0.29, 0.717) is 0 Å². The molecule has 1 aromatic heterocycles. The summed E-state index contributed by atoms with van der Waals surface area (Å²) in [5, 5.41) is 11.7. The van der Waals surface area contributed by atoms with Gasteiger partial charge in [0.25, 0.3) is 0 Å². The number of aryl methyl sites for hydroxylation is 1. The molecule has 0 aliphatic rings. The van der Waals surface area contributed by atoms with Crippen molar-refractivity contribution in [2.24, 2.45) is 0 Å². The summed E-state index contributed by atoms with van der Waals surface area (Å²) in [6, 6.07) is 6.10. The highest BCUT2D eigenvalue weighted by atomic mass is 32.1. The summed E-state index contributed by atoms with van der Waals surface area (Å²) in [5.41, 5.74) is 2.12. The molecule has 0 radical (unpaired) electrons. The van der Waals surface area contributed by atoms with Gasteiger partial charge in [-0.2, -0.15) is 0 Å². The zero-order chi connectivity index (χ0) is 10.1. The number of aliphatic carboxylic acids is 1. The molecular formula is C11H10O2S. The maximum atomic E-state index is 10.6. The van der Waals surface area contributed by atoms with Crippen molar-refractivity contribution < 1.29 is 9.90 Å². The third-order valence-corrected chi connectivity index (χ3v) is 3.15. The zero-order valence-electron chi connectivity index (χ0n) is 7.78. The molecule has 14 heavy (non-hydrogen) atoms. The van der Waals surface area contributed by atoms with E-state index in [4.69, 9.17) is 5.11 Å². The van der Waals surface area contributed by atoms with Crippen LogP contribution >= 0.6 is 11.3 Å². The normalized spacial score (nSPS) is 10.6. The van der Waals surface area contributed by atoms with Crippen molar-refractivity contribution in [2.45, 2.75) is 13.3 Å². The molecule has 0 bridgehead atoms. The third kappa shape index (κ3) is 1.63. The van der Waals surface area contributed by atoms with E-state index < -0.39 is 5.97 Å². The Morgan fingerprint density at radius 1 is 1.50 bits per heavy atom. The fourth-order valence-corrected chi connectivity index (χ4v) is 2.55. The van der Waals surface area contributed by atoms with Gasteiger partial charge in [-0.25, -0.2) is 0 Å². The van der Waals surface area contributed by atoms with E-state index in [9.17, 15) is 4.79 Å². The number of carboxylic acids is 1. The average molecular weight is 206 g/mol. The summed E-state index contributed by atoms with van der Waals surface area (Å²) >= 11 is 1.61. The zero-order valence-corrected chi connectivity index (χ0v) is 8.60. The molecule has 0 spiro atoms. The highest BCUT2D eigenvalue weighted by molar-refractivity contribution is 7.17. The van der Waals surface area contributed by atoms with Crippen molar-refractivity contribution >= 4 is 27.4 Å². The molecule has 0 fully saturated rings. The van der Waals surface area contributed by atoms with Crippen LogP contribution in [0, 0.1) is 6.92 Å². The minimum atomic E-state index is -0.773. The van der Waals surface area contributed by atoms with Crippen LogP contribution in [0.25, 0.3) is 10.1 Å². The Kier molecular flexibility index (Phi) is 2.25. The lowest BCUT2D eigenvalue weighted by Gasteiger charge is -1.95. The topological polar surface area (TPSA) is 37.3 Å². The van der Waals surface area contributed by atoms with Crippen LogP contribution in [0.5, 0.6) is 0 Å². The van der Waals surface area contributed by atoms with Gasteiger partial charge in [-0.1, -0.05) is 12.1 Å². The van der Waals surface area contributed by atoms with Crippen LogP contribution < -0.4 is 0 Å².